The van der Waals surface area contributed by atoms with Crippen molar-refractivity contribution < 1.29 is 22.7 Å². The quantitative estimate of drug-likeness (QED) is 0.522. The lowest BCUT2D eigenvalue weighted by molar-refractivity contribution is -0.0407. The van der Waals surface area contributed by atoms with E-state index in [1.54, 1.807) is 0 Å². The van der Waals surface area contributed by atoms with Gasteiger partial charge in [0.15, 0.2) is 0 Å². The summed E-state index contributed by atoms with van der Waals surface area (Å²) in [5.74, 6) is 1.30. The molecular formula is C32H42N6O5S. The number of urea groups is 1. The molecule has 5 fully saturated rings. The van der Waals surface area contributed by atoms with E-state index in [-0.39, 0.29) is 23.7 Å². The zero-order chi connectivity index (χ0) is 30.6. The summed E-state index contributed by atoms with van der Waals surface area (Å²) in [4.78, 5) is 32.3. The summed E-state index contributed by atoms with van der Waals surface area (Å²) >= 11 is 0. The highest BCUT2D eigenvalue weighted by Gasteiger charge is 2.56. The first-order valence-electron chi connectivity index (χ1n) is 15.7. The number of para-hydroxylation sites is 2. The molecule has 0 aromatic heterocycles. The molecule has 2 unspecified atom stereocenters. The maximum Gasteiger partial charge on any atom is 0.407 e. The van der Waals surface area contributed by atoms with Crippen LogP contribution in [0.15, 0.2) is 48.5 Å². The number of nitrogens with zero attached hydrogens (tertiary/aromatic N) is 4. The molecule has 1 saturated heterocycles. The number of hydrogen-bond acceptors (Lipinski definition) is 7. The first kappa shape index (κ1) is 29.2. The Morgan fingerprint density at radius 3 is 2.11 bits per heavy atom. The van der Waals surface area contributed by atoms with Crippen LogP contribution >= 0.6 is 0 Å². The van der Waals surface area contributed by atoms with Crippen molar-refractivity contribution in [2.45, 2.75) is 43.7 Å². The highest BCUT2D eigenvalue weighted by Crippen LogP contribution is 2.56. The fraction of sp³-hybridized carbons (Fsp3) is 0.562. The molecule has 2 aliphatic heterocycles. The molecule has 44 heavy (non-hydrogen) atoms. The molecule has 12 heteroatoms. The fourth-order valence-corrected chi connectivity index (χ4v) is 9.69. The van der Waals surface area contributed by atoms with E-state index in [0.29, 0.717) is 57.0 Å². The third-order valence-corrected chi connectivity index (χ3v) is 11.9. The zero-order valence-corrected chi connectivity index (χ0v) is 26.3. The largest absolute Gasteiger partial charge is 0.453 e. The molecule has 4 aliphatic carbocycles. The number of alkyl carbamates (subject to hydrolysis) is 1. The van der Waals surface area contributed by atoms with Gasteiger partial charge in [0.2, 0.25) is 10.0 Å². The number of carbonyl (C=O) groups is 2. The summed E-state index contributed by atoms with van der Waals surface area (Å²) in [6, 6.07) is 16.6. The Kier molecular flexibility index (Phi) is 7.39. The van der Waals surface area contributed by atoms with E-state index in [9.17, 15) is 18.0 Å². The van der Waals surface area contributed by atoms with Crippen molar-refractivity contribution in [3.63, 3.8) is 0 Å². The molecule has 4 saturated carbocycles. The maximum atomic E-state index is 13.9. The predicted octanol–water partition coefficient (Wildman–Crippen LogP) is 3.74. The number of carbonyl (C=O) groups excluding carboxylic acids is 2. The lowest BCUT2D eigenvalue weighted by Crippen LogP contribution is -2.67. The van der Waals surface area contributed by atoms with E-state index >= 15 is 0 Å². The number of fused-ring (bicyclic) bond motifs is 1. The van der Waals surface area contributed by atoms with Crippen LogP contribution in [0.5, 0.6) is 0 Å². The van der Waals surface area contributed by atoms with E-state index in [2.05, 4.69) is 50.8 Å². The smallest absolute Gasteiger partial charge is 0.407 e. The first-order chi connectivity index (χ1) is 21.1. The van der Waals surface area contributed by atoms with E-state index in [1.807, 2.05) is 23.1 Å². The summed E-state index contributed by atoms with van der Waals surface area (Å²) in [5.41, 5.74) is 3.82. The van der Waals surface area contributed by atoms with Crippen LogP contribution in [0.25, 0.3) is 0 Å². The number of ether oxygens (including phenoxy) is 1. The Hall–Kier alpha value is -3.51. The van der Waals surface area contributed by atoms with Gasteiger partial charge in [-0.2, -0.15) is 4.31 Å². The minimum absolute atomic E-state index is 0.0480. The monoisotopic (exact) mass is 622 g/mol. The third-order valence-electron chi connectivity index (χ3n) is 10.6. The van der Waals surface area contributed by atoms with Gasteiger partial charge >= 0.3 is 12.1 Å². The van der Waals surface area contributed by atoms with Gasteiger partial charge in [-0.3, -0.25) is 4.90 Å². The van der Waals surface area contributed by atoms with Crippen molar-refractivity contribution in [1.82, 2.24) is 14.9 Å². The summed E-state index contributed by atoms with van der Waals surface area (Å²) in [6.45, 7) is 3.54. The van der Waals surface area contributed by atoms with Crippen molar-refractivity contribution in [3.8, 4) is 0 Å². The number of sulfonamides is 1. The standard InChI is InChI=1S/C32H42N6O5S/c1-43-31(40)34-32-19-22-17-23(20-32)29(24(18-22)21-32)33-30(39)38-16-15-37(27-5-3-4-6-28(27)38)26-9-7-25(8-10-26)35-11-13-36(14-12-35)44(2,41)42/h3-10,22-24,29H,11-21H2,1-2H3,(H,33,39)(H,34,40). The van der Waals surface area contributed by atoms with Crippen molar-refractivity contribution >= 4 is 44.9 Å². The highest BCUT2D eigenvalue weighted by atomic mass is 32.2. The molecule has 3 amide bonds. The van der Waals surface area contributed by atoms with Gasteiger partial charge in [-0.1, -0.05) is 12.1 Å². The molecule has 4 bridgehead atoms. The average Bonchev–Trinajstić information content (AvgIpc) is 3.01. The molecule has 6 aliphatic rings. The van der Waals surface area contributed by atoms with Crippen LogP contribution in [0.3, 0.4) is 0 Å². The number of rotatable bonds is 5. The molecule has 2 aromatic rings. The molecule has 2 N–H and O–H groups in total. The molecule has 0 radical (unpaired) electrons. The van der Waals surface area contributed by atoms with Crippen LogP contribution in [0, 0.1) is 17.8 Å². The Morgan fingerprint density at radius 2 is 1.48 bits per heavy atom. The van der Waals surface area contributed by atoms with E-state index in [1.165, 1.54) is 17.7 Å². The average molecular weight is 623 g/mol. The second kappa shape index (κ2) is 11.1. The second-order valence-corrected chi connectivity index (χ2v) is 15.3. The molecule has 11 nitrogen and oxygen atoms in total. The summed E-state index contributed by atoms with van der Waals surface area (Å²) < 4.78 is 30.2. The fourth-order valence-electron chi connectivity index (χ4n) is 8.86. The number of methoxy groups -OCH3 is 1. The minimum atomic E-state index is -3.16. The maximum absolute atomic E-state index is 13.9. The van der Waals surface area contributed by atoms with Crippen LogP contribution in [0.2, 0.25) is 0 Å². The molecule has 2 atom stereocenters. The van der Waals surface area contributed by atoms with Crippen molar-refractivity contribution in [1.29, 1.82) is 0 Å². The molecule has 8 rings (SSSR count). The van der Waals surface area contributed by atoms with Gasteiger partial charge in [-0.05, 0) is 86.3 Å². The minimum Gasteiger partial charge on any atom is -0.453 e. The van der Waals surface area contributed by atoms with Gasteiger partial charge in [0.1, 0.15) is 0 Å². The van der Waals surface area contributed by atoms with Gasteiger partial charge in [0.25, 0.3) is 0 Å². The second-order valence-electron chi connectivity index (χ2n) is 13.3. The van der Waals surface area contributed by atoms with Gasteiger partial charge < -0.3 is 25.2 Å². The van der Waals surface area contributed by atoms with Gasteiger partial charge in [0.05, 0.1) is 24.7 Å². The third kappa shape index (κ3) is 5.36. The molecule has 2 heterocycles. The Labute approximate surface area is 259 Å². The molecular weight excluding hydrogens is 580 g/mol. The summed E-state index contributed by atoms with van der Waals surface area (Å²) in [5, 5.41) is 6.60. The first-order valence-corrected chi connectivity index (χ1v) is 17.6. The van der Waals surface area contributed by atoms with Crippen LogP contribution in [0.4, 0.5) is 32.3 Å². The Morgan fingerprint density at radius 1 is 0.841 bits per heavy atom. The van der Waals surface area contributed by atoms with E-state index < -0.39 is 10.0 Å². The number of hydrogen-bond donors (Lipinski definition) is 2. The predicted molar refractivity (Wildman–Crippen MR) is 170 cm³/mol. The van der Waals surface area contributed by atoms with Crippen molar-refractivity contribution in [3.05, 3.63) is 48.5 Å². The zero-order valence-electron chi connectivity index (χ0n) is 25.4. The van der Waals surface area contributed by atoms with Crippen molar-refractivity contribution in [2.75, 3.05) is 67.3 Å². The number of anilines is 4. The highest BCUT2D eigenvalue weighted by molar-refractivity contribution is 7.88. The van der Waals surface area contributed by atoms with Crippen molar-refractivity contribution in [2.24, 2.45) is 17.8 Å². The number of piperazine rings is 1. The SMILES string of the molecule is COC(=O)NC12CC3CC(C1)C(NC(=O)N1CCN(c4ccc(N5CCN(S(C)(=O)=O)CC5)cc4)c4ccccc41)C(C3)C2. The molecule has 2 aromatic carbocycles. The Balaban J connectivity index is 1.03. The topological polar surface area (TPSA) is 115 Å². The van der Waals surface area contributed by atoms with Gasteiger partial charge in [-0.15, -0.1) is 0 Å². The number of benzene rings is 2. The lowest BCUT2D eigenvalue weighted by atomic mass is 9.51. The summed E-state index contributed by atoms with van der Waals surface area (Å²) in [6.07, 6.45) is 5.88. The Bertz CT molecular complexity index is 1510. The van der Waals surface area contributed by atoms with E-state index in [0.717, 1.165) is 54.9 Å². The lowest BCUT2D eigenvalue weighted by Gasteiger charge is -2.60. The number of amides is 3. The van der Waals surface area contributed by atoms with Crippen LogP contribution in [-0.4, -0.2) is 89.1 Å². The van der Waals surface area contributed by atoms with Crippen LogP contribution in [0.1, 0.15) is 32.1 Å². The molecule has 236 valence electrons. The van der Waals surface area contributed by atoms with Crippen LogP contribution in [-0.2, 0) is 14.8 Å². The van der Waals surface area contributed by atoms with Gasteiger partial charge in [0, 0.05) is 62.2 Å². The summed E-state index contributed by atoms with van der Waals surface area (Å²) in [7, 11) is -1.75. The van der Waals surface area contributed by atoms with Crippen LogP contribution < -0.4 is 25.3 Å². The van der Waals surface area contributed by atoms with E-state index in [4.69, 9.17) is 4.74 Å². The number of nitrogens with one attached hydrogen (secondary N) is 2. The molecule has 0 spiro atoms. The van der Waals surface area contributed by atoms with Gasteiger partial charge in [-0.25, -0.2) is 18.0 Å². The normalized spacial score (nSPS) is 29.7.